The fourth-order valence-corrected chi connectivity index (χ4v) is 5.14. The minimum atomic E-state index is -0.106. The summed E-state index contributed by atoms with van der Waals surface area (Å²) < 4.78 is 7.61. The van der Waals surface area contributed by atoms with E-state index in [9.17, 15) is 4.79 Å². The van der Waals surface area contributed by atoms with Crippen LogP contribution in [0.15, 0.2) is 58.7 Å². The second-order valence-electron chi connectivity index (χ2n) is 6.93. The highest BCUT2D eigenvalue weighted by Crippen LogP contribution is 2.34. The highest BCUT2D eigenvalue weighted by atomic mass is 32.1. The Labute approximate surface area is 175 Å². The Balaban J connectivity index is 1.60. The summed E-state index contributed by atoms with van der Waals surface area (Å²) >= 11 is 3.06. The third kappa shape index (κ3) is 3.32. The minimum Gasteiger partial charge on any atom is -0.467 e. The molecule has 0 N–H and O–H groups in total. The molecule has 0 radical (unpaired) electrons. The van der Waals surface area contributed by atoms with Crippen LogP contribution in [0.3, 0.4) is 0 Å². The standard InChI is InChI=1S/C22H17N3O2S2/c1-13-8-14(2)20-18(9-13)24-22(29-20)25(11-16-4-3-7-27-16)21(26)15-5-6-17-19(10-15)28-12-23-17/h3-10,12H,11H2,1-2H3. The summed E-state index contributed by atoms with van der Waals surface area (Å²) in [5.41, 5.74) is 6.54. The zero-order valence-corrected chi connectivity index (χ0v) is 17.5. The summed E-state index contributed by atoms with van der Waals surface area (Å²) in [6.07, 6.45) is 1.62. The van der Waals surface area contributed by atoms with Crippen LogP contribution in [0.1, 0.15) is 27.2 Å². The maximum absolute atomic E-state index is 13.5. The third-order valence-electron chi connectivity index (χ3n) is 4.76. The van der Waals surface area contributed by atoms with Gasteiger partial charge in [-0.25, -0.2) is 9.97 Å². The molecule has 5 aromatic rings. The van der Waals surface area contributed by atoms with E-state index in [-0.39, 0.29) is 5.91 Å². The van der Waals surface area contributed by atoms with E-state index in [1.165, 1.54) is 28.2 Å². The fourth-order valence-electron chi connectivity index (χ4n) is 3.41. The number of rotatable bonds is 4. The molecule has 0 atom stereocenters. The Morgan fingerprint density at radius 1 is 1.14 bits per heavy atom. The number of anilines is 1. The van der Waals surface area contributed by atoms with Gasteiger partial charge in [-0.05, 0) is 61.4 Å². The van der Waals surface area contributed by atoms with Crippen LogP contribution in [-0.2, 0) is 6.54 Å². The van der Waals surface area contributed by atoms with E-state index in [1.54, 1.807) is 16.7 Å². The maximum atomic E-state index is 13.5. The van der Waals surface area contributed by atoms with Gasteiger partial charge in [0, 0.05) is 5.56 Å². The van der Waals surface area contributed by atoms with Crippen molar-refractivity contribution >= 4 is 54.1 Å². The molecular formula is C22H17N3O2S2. The lowest BCUT2D eigenvalue weighted by molar-refractivity contribution is 0.0983. The molecule has 5 nitrogen and oxygen atoms in total. The summed E-state index contributed by atoms with van der Waals surface area (Å²) in [5.74, 6) is 0.606. The van der Waals surface area contributed by atoms with E-state index in [2.05, 4.69) is 31.0 Å². The Hall–Kier alpha value is -3.03. The number of aryl methyl sites for hydroxylation is 2. The molecule has 0 aliphatic heterocycles. The Morgan fingerprint density at radius 3 is 2.86 bits per heavy atom. The van der Waals surface area contributed by atoms with Gasteiger partial charge in [-0.1, -0.05) is 17.4 Å². The van der Waals surface area contributed by atoms with Crippen molar-refractivity contribution < 1.29 is 9.21 Å². The SMILES string of the molecule is Cc1cc(C)c2sc(N(Cc3ccco3)C(=O)c3ccc4ncsc4c3)nc2c1. The molecule has 0 fully saturated rings. The molecule has 29 heavy (non-hydrogen) atoms. The first-order chi connectivity index (χ1) is 14.1. The van der Waals surface area contributed by atoms with E-state index in [0.717, 1.165) is 26.0 Å². The van der Waals surface area contributed by atoms with Crippen molar-refractivity contribution in [1.82, 2.24) is 9.97 Å². The van der Waals surface area contributed by atoms with E-state index >= 15 is 0 Å². The van der Waals surface area contributed by atoms with Crippen molar-refractivity contribution in [3.8, 4) is 0 Å². The number of amides is 1. The molecule has 1 amide bonds. The second kappa shape index (κ2) is 7.09. The summed E-state index contributed by atoms with van der Waals surface area (Å²) in [5, 5.41) is 0.666. The molecule has 144 valence electrons. The summed E-state index contributed by atoms with van der Waals surface area (Å²) in [7, 11) is 0. The lowest BCUT2D eigenvalue weighted by Crippen LogP contribution is -2.30. The Bertz CT molecular complexity index is 1340. The first-order valence-electron chi connectivity index (χ1n) is 9.14. The number of nitrogens with zero attached hydrogens (tertiary/aromatic N) is 3. The van der Waals surface area contributed by atoms with Crippen LogP contribution in [0, 0.1) is 13.8 Å². The molecule has 0 aliphatic carbocycles. The molecule has 3 aromatic heterocycles. The minimum absolute atomic E-state index is 0.106. The zero-order chi connectivity index (χ0) is 20.0. The van der Waals surface area contributed by atoms with Gasteiger partial charge in [0.15, 0.2) is 5.13 Å². The normalized spacial score (nSPS) is 11.4. The predicted molar refractivity (Wildman–Crippen MR) is 118 cm³/mol. The number of fused-ring (bicyclic) bond motifs is 2. The highest BCUT2D eigenvalue weighted by molar-refractivity contribution is 7.22. The average molecular weight is 420 g/mol. The van der Waals surface area contributed by atoms with Crippen molar-refractivity contribution in [2.45, 2.75) is 20.4 Å². The predicted octanol–water partition coefficient (Wildman–Crippen LogP) is 5.96. The van der Waals surface area contributed by atoms with Gasteiger partial charge in [0.2, 0.25) is 0 Å². The first kappa shape index (κ1) is 18.0. The van der Waals surface area contributed by atoms with E-state index in [1.807, 2.05) is 30.3 Å². The van der Waals surface area contributed by atoms with Gasteiger partial charge in [0.1, 0.15) is 5.76 Å². The van der Waals surface area contributed by atoms with Crippen LogP contribution < -0.4 is 4.90 Å². The average Bonchev–Trinajstić information content (AvgIpc) is 3.44. The number of furan rings is 1. The third-order valence-corrected chi connectivity index (χ3v) is 6.78. The maximum Gasteiger partial charge on any atom is 0.260 e. The molecule has 0 saturated carbocycles. The molecule has 7 heteroatoms. The largest absolute Gasteiger partial charge is 0.467 e. The number of thiazole rings is 2. The van der Waals surface area contributed by atoms with Crippen LogP contribution in [0.4, 0.5) is 5.13 Å². The number of carbonyl (C=O) groups is 1. The van der Waals surface area contributed by atoms with Gasteiger partial charge < -0.3 is 4.42 Å². The van der Waals surface area contributed by atoms with Crippen LogP contribution in [-0.4, -0.2) is 15.9 Å². The lowest BCUT2D eigenvalue weighted by Gasteiger charge is -2.18. The number of hydrogen-bond acceptors (Lipinski definition) is 6. The Kier molecular flexibility index (Phi) is 4.41. The molecule has 5 rings (SSSR count). The van der Waals surface area contributed by atoms with Crippen molar-refractivity contribution in [3.05, 3.63) is 76.7 Å². The van der Waals surface area contributed by atoms with E-state index < -0.39 is 0 Å². The van der Waals surface area contributed by atoms with Crippen molar-refractivity contribution in [2.24, 2.45) is 0 Å². The number of hydrogen-bond donors (Lipinski definition) is 0. The fraction of sp³-hybridized carbons (Fsp3) is 0.136. The zero-order valence-electron chi connectivity index (χ0n) is 15.9. The molecule has 0 spiro atoms. The quantitative estimate of drug-likeness (QED) is 0.360. The molecule has 0 bridgehead atoms. The van der Waals surface area contributed by atoms with Gasteiger partial charge in [0.25, 0.3) is 5.91 Å². The molecule has 2 aromatic carbocycles. The Morgan fingerprint density at radius 2 is 2.03 bits per heavy atom. The number of benzene rings is 2. The monoisotopic (exact) mass is 419 g/mol. The molecular weight excluding hydrogens is 402 g/mol. The van der Waals surface area contributed by atoms with Crippen molar-refractivity contribution in [1.29, 1.82) is 0 Å². The van der Waals surface area contributed by atoms with E-state index in [0.29, 0.717) is 23.0 Å². The van der Waals surface area contributed by atoms with Gasteiger partial charge in [-0.15, -0.1) is 11.3 Å². The molecule has 0 saturated heterocycles. The summed E-state index contributed by atoms with van der Waals surface area (Å²) in [4.78, 5) is 24.3. The molecule has 3 heterocycles. The van der Waals surface area contributed by atoms with Crippen LogP contribution >= 0.6 is 22.7 Å². The molecule has 0 unspecified atom stereocenters. The summed E-state index contributed by atoms with van der Waals surface area (Å²) in [6, 6.07) is 13.5. The lowest BCUT2D eigenvalue weighted by atomic mass is 10.1. The molecule has 0 aliphatic rings. The van der Waals surface area contributed by atoms with Crippen LogP contribution in [0.2, 0.25) is 0 Å². The van der Waals surface area contributed by atoms with E-state index in [4.69, 9.17) is 9.40 Å². The topological polar surface area (TPSA) is 59.2 Å². The summed E-state index contributed by atoms with van der Waals surface area (Å²) in [6.45, 7) is 4.46. The van der Waals surface area contributed by atoms with Gasteiger partial charge in [0.05, 0.1) is 38.8 Å². The van der Waals surface area contributed by atoms with Crippen molar-refractivity contribution in [3.63, 3.8) is 0 Å². The van der Waals surface area contributed by atoms with Gasteiger partial charge in [-0.3, -0.25) is 9.69 Å². The number of carbonyl (C=O) groups excluding carboxylic acids is 1. The smallest absolute Gasteiger partial charge is 0.260 e. The van der Waals surface area contributed by atoms with Gasteiger partial charge in [-0.2, -0.15) is 0 Å². The van der Waals surface area contributed by atoms with Crippen LogP contribution in [0.25, 0.3) is 20.4 Å². The highest BCUT2D eigenvalue weighted by Gasteiger charge is 2.23. The first-order valence-corrected chi connectivity index (χ1v) is 10.8. The van der Waals surface area contributed by atoms with Gasteiger partial charge >= 0.3 is 0 Å². The number of aromatic nitrogens is 2. The van der Waals surface area contributed by atoms with Crippen molar-refractivity contribution in [2.75, 3.05) is 4.90 Å². The van der Waals surface area contributed by atoms with Crippen LogP contribution in [0.5, 0.6) is 0 Å². The second-order valence-corrected chi connectivity index (χ2v) is 8.80.